The molecule has 7 nitrogen and oxygen atoms in total. The van der Waals surface area contributed by atoms with Crippen molar-refractivity contribution in [3.8, 4) is 0 Å². The average Bonchev–Trinajstić information content (AvgIpc) is 2.26. The Morgan fingerprint density at radius 1 is 1.30 bits per heavy atom. The summed E-state index contributed by atoms with van der Waals surface area (Å²) in [5, 5.41) is 0. The van der Waals surface area contributed by atoms with E-state index in [1.807, 2.05) is 4.72 Å². The monoisotopic (exact) mass is 324 g/mol. The Morgan fingerprint density at radius 3 is 2.30 bits per heavy atom. The van der Waals surface area contributed by atoms with E-state index in [0.717, 1.165) is 18.4 Å². The minimum Gasteiger partial charge on any atom is -0.368 e. The van der Waals surface area contributed by atoms with Crippen LogP contribution in [0.1, 0.15) is 6.92 Å². The summed E-state index contributed by atoms with van der Waals surface area (Å²) in [6, 6.07) is 1.09. The molecule has 0 aliphatic carbocycles. The third-order valence-electron chi connectivity index (χ3n) is 2.38. The van der Waals surface area contributed by atoms with Gasteiger partial charge in [0.2, 0.25) is 15.9 Å². The van der Waals surface area contributed by atoms with Gasteiger partial charge in [-0.1, -0.05) is 0 Å². The molecular formula is C10H13FN2O5S2. The normalized spacial score (nSPS) is 13.9. The largest absolute Gasteiger partial charge is 0.368 e. The van der Waals surface area contributed by atoms with E-state index < -0.39 is 42.5 Å². The number of carbonyl (C=O) groups excluding carboxylic acids is 1. The number of benzene rings is 1. The quantitative estimate of drug-likeness (QED) is 0.699. The number of rotatable bonds is 5. The summed E-state index contributed by atoms with van der Waals surface area (Å²) < 4.78 is 61.9. The van der Waals surface area contributed by atoms with Gasteiger partial charge in [-0.15, -0.1) is 0 Å². The first-order chi connectivity index (χ1) is 8.95. The number of amides is 1. The van der Waals surface area contributed by atoms with Crippen LogP contribution in [0.25, 0.3) is 0 Å². The molecule has 20 heavy (non-hydrogen) atoms. The summed E-state index contributed by atoms with van der Waals surface area (Å²) in [4.78, 5) is 9.60. The molecule has 0 fully saturated rings. The lowest BCUT2D eigenvalue weighted by atomic mass is 10.3. The van der Waals surface area contributed by atoms with Crippen molar-refractivity contribution in [3.05, 3.63) is 24.0 Å². The van der Waals surface area contributed by atoms with Gasteiger partial charge in [-0.2, -0.15) is 4.72 Å². The van der Waals surface area contributed by atoms with E-state index in [-0.39, 0.29) is 4.90 Å². The van der Waals surface area contributed by atoms with E-state index in [9.17, 15) is 26.0 Å². The molecule has 0 aromatic heterocycles. The number of halogens is 1. The van der Waals surface area contributed by atoms with Crippen LogP contribution in [-0.4, -0.2) is 35.0 Å². The fraction of sp³-hybridized carbons (Fsp3) is 0.300. The van der Waals surface area contributed by atoms with E-state index in [4.69, 9.17) is 5.73 Å². The Hall–Kier alpha value is -1.52. The molecule has 0 spiro atoms. The van der Waals surface area contributed by atoms with Gasteiger partial charge < -0.3 is 5.73 Å². The lowest BCUT2D eigenvalue weighted by molar-refractivity contribution is -0.119. The summed E-state index contributed by atoms with van der Waals surface area (Å²) in [7, 11) is -8.11. The number of nitrogens with one attached hydrogen (secondary N) is 1. The number of carbonyl (C=O) groups is 1. The Morgan fingerprint density at radius 2 is 1.85 bits per heavy atom. The van der Waals surface area contributed by atoms with Gasteiger partial charge in [0.1, 0.15) is 10.7 Å². The van der Waals surface area contributed by atoms with Crippen LogP contribution in [0, 0.1) is 5.82 Å². The Labute approximate surface area is 115 Å². The number of hydrogen-bond acceptors (Lipinski definition) is 5. The van der Waals surface area contributed by atoms with Crippen molar-refractivity contribution < 1.29 is 26.0 Å². The molecule has 1 amide bonds. The van der Waals surface area contributed by atoms with Gasteiger partial charge in [0.25, 0.3) is 0 Å². The lowest BCUT2D eigenvalue weighted by Gasteiger charge is -2.12. The van der Waals surface area contributed by atoms with Crippen LogP contribution in [0.15, 0.2) is 28.0 Å². The Bertz CT molecular complexity index is 743. The smallest absolute Gasteiger partial charge is 0.244 e. The third-order valence-corrected chi connectivity index (χ3v) is 5.05. The van der Waals surface area contributed by atoms with Crippen LogP contribution in [0.2, 0.25) is 0 Å². The number of hydrogen-bond donors (Lipinski definition) is 2. The molecule has 1 rings (SSSR count). The summed E-state index contributed by atoms with van der Waals surface area (Å²) in [5.41, 5.74) is 4.90. The highest BCUT2D eigenvalue weighted by atomic mass is 32.2. The molecule has 0 saturated heterocycles. The maximum absolute atomic E-state index is 13.6. The van der Waals surface area contributed by atoms with Gasteiger partial charge in [0, 0.05) is 6.26 Å². The Balaban J connectivity index is 3.35. The van der Waals surface area contributed by atoms with Gasteiger partial charge in [0.15, 0.2) is 9.84 Å². The van der Waals surface area contributed by atoms with Gasteiger partial charge in [0.05, 0.1) is 10.9 Å². The van der Waals surface area contributed by atoms with E-state index in [2.05, 4.69) is 0 Å². The molecule has 0 heterocycles. The van der Waals surface area contributed by atoms with Gasteiger partial charge in [-0.05, 0) is 25.1 Å². The van der Waals surface area contributed by atoms with Gasteiger partial charge >= 0.3 is 0 Å². The van der Waals surface area contributed by atoms with Crippen molar-refractivity contribution in [1.82, 2.24) is 4.72 Å². The highest BCUT2D eigenvalue weighted by Crippen LogP contribution is 2.19. The van der Waals surface area contributed by atoms with Crippen LogP contribution < -0.4 is 10.5 Å². The predicted octanol–water partition coefficient (Wildman–Crippen LogP) is -0.619. The van der Waals surface area contributed by atoms with Crippen LogP contribution >= 0.6 is 0 Å². The molecular weight excluding hydrogens is 311 g/mol. The first kappa shape index (κ1) is 16.5. The van der Waals surface area contributed by atoms with Crippen molar-refractivity contribution in [2.45, 2.75) is 22.8 Å². The van der Waals surface area contributed by atoms with E-state index in [0.29, 0.717) is 6.07 Å². The summed E-state index contributed by atoms with van der Waals surface area (Å²) in [6.07, 6.45) is 0.857. The van der Waals surface area contributed by atoms with Crippen LogP contribution in [0.3, 0.4) is 0 Å². The zero-order valence-corrected chi connectivity index (χ0v) is 12.3. The standard InChI is InChI=1S/C10H13FN2O5S2/c1-6(10(12)14)13-20(17,18)9-5-7(19(2,15)16)3-4-8(9)11/h3-6,13H,1-2H3,(H2,12,14). The SMILES string of the molecule is CC(NS(=O)(=O)c1cc(S(C)(=O)=O)ccc1F)C(N)=O. The zero-order valence-electron chi connectivity index (χ0n) is 10.6. The fourth-order valence-corrected chi connectivity index (χ4v) is 3.31. The minimum atomic E-state index is -4.41. The van der Waals surface area contributed by atoms with Crippen molar-refractivity contribution >= 4 is 25.8 Å². The molecule has 0 bridgehead atoms. The highest BCUT2D eigenvalue weighted by Gasteiger charge is 2.25. The van der Waals surface area contributed by atoms with Gasteiger partial charge in [-0.25, -0.2) is 21.2 Å². The first-order valence-corrected chi connectivity index (χ1v) is 8.64. The molecule has 0 saturated carbocycles. The summed E-state index contributed by atoms with van der Waals surface area (Å²) in [6.45, 7) is 1.18. The van der Waals surface area contributed by atoms with Crippen LogP contribution in [0.4, 0.5) is 4.39 Å². The predicted molar refractivity (Wildman–Crippen MR) is 68.5 cm³/mol. The van der Waals surface area contributed by atoms with E-state index in [1.165, 1.54) is 6.92 Å². The molecule has 10 heteroatoms. The van der Waals surface area contributed by atoms with Crippen LogP contribution in [-0.2, 0) is 24.7 Å². The molecule has 0 aliphatic rings. The molecule has 0 radical (unpaired) electrons. The van der Waals surface area contributed by atoms with E-state index >= 15 is 0 Å². The second kappa shape index (κ2) is 5.46. The molecule has 3 N–H and O–H groups in total. The summed E-state index contributed by atoms with van der Waals surface area (Å²) in [5.74, 6) is -2.09. The lowest BCUT2D eigenvalue weighted by Crippen LogP contribution is -2.42. The first-order valence-electron chi connectivity index (χ1n) is 5.26. The maximum atomic E-state index is 13.6. The van der Waals surface area contributed by atoms with Crippen LogP contribution in [0.5, 0.6) is 0 Å². The Kier molecular flexibility index (Phi) is 4.52. The molecule has 1 unspecified atom stereocenters. The van der Waals surface area contributed by atoms with Crippen molar-refractivity contribution in [2.24, 2.45) is 5.73 Å². The zero-order chi connectivity index (χ0) is 15.7. The maximum Gasteiger partial charge on any atom is 0.244 e. The second-order valence-corrected chi connectivity index (χ2v) is 7.81. The molecule has 1 aromatic rings. The highest BCUT2D eigenvalue weighted by molar-refractivity contribution is 7.91. The number of sulfone groups is 1. The fourth-order valence-electron chi connectivity index (χ4n) is 1.27. The molecule has 1 atom stereocenters. The van der Waals surface area contributed by atoms with Crippen molar-refractivity contribution in [1.29, 1.82) is 0 Å². The number of primary amides is 1. The second-order valence-electron chi connectivity index (χ2n) is 4.11. The average molecular weight is 324 g/mol. The molecule has 112 valence electrons. The summed E-state index contributed by atoms with van der Waals surface area (Å²) >= 11 is 0. The number of sulfonamides is 1. The number of nitrogens with two attached hydrogens (primary N) is 1. The van der Waals surface area contributed by atoms with Gasteiger partial charge in [-0.3, -0.25) is 4.79 Å². The van der Waals surface area contributed by atoms with Crippen molar-refractivity contribution in [3.63, 3.8) is 0 Å². The third kappa shape index (κ3) is 3.74. The molecule has 1 aromatic carbocycles. The van der Waals surface area contributed by atoms with E-state index in [1.54, 1.807) is 0 Å². The molecule has 0 aliphatic heterocycles. The van der Waals surface area contributed by atoms with Crippen molar-refractivity contribution in [2.75, 3.05) is 6.26 Å². The minimum absolute atomic E-state index is 0.356. The topological polar surface area (TPSA) is 123 Å².